The van der Waals surface area contributed by atoms with E-state index in [2.05, 4.69) is 17.6 Å². The van der Waals surface area contributed by atoms with E-state index in [9.17, 15) is 49.2 Å². The third-order valence-corrected chi connectivity index (χ3v) is 11.5. The zero-order valence-electron chi connectivity index (χ0n) is 36.8. The molecule has 16 heteroatoms. The van der Waals surface area contributed by atoms with Gasteiger partial charge < -0.3 is 51.5 Å². The number of aliphatic hydroxyl groups is 1. The summed E-state index contributed by atoms with van der Waals surface area (Å²) in [6, 6.07) is 5.44. The molecule has 0 aromatic heterocycles. The number of likely N-dealkylation sites (N-methyl/N-ethyl adjacent to an activating group) is 2. The fraction of sp³-hybridized carbons (Fsp3) is 0.600. The summed E-state index contributed by atoms with van der Waals surface area (Å²) < 4.78 is 0. The number of likely N-dealkylation sites (tertiary alicyclic amines) is 1. The largest absolute Gasteiger partial charge is 0.508 e. The molecule has 0 spiro atoms. The molecular formula is C45H68N6O10. The molecule has 3 rings (SSSR count). The lowest BCUT2D eigenvalue weighted by molar-refractivity contribution is -0.154. The molecule has 5 amide bonds. The second-order valence-electron chi connectivity index (χ2n) is 17.0. The molecule has 0 saturated carbocycles. The van der Waals surface area contributed by atoms with Gasteiger partial charge in [-0.1, -0.05) is 91.0 Å². The van der Waals surface area contributed by atoms with Gasteiger partial charge in [0.2, 0.25) is 23.6 Å². The first-order chi connectivity index (χ1) is 28.8. The normalized spacial score (nSPS) is 16.9. The highest BCUT2D eigenvalue weighted by atomic mass is 16.4. The Hall–Kier alpha value is -5.22. The lowest BCUT2D eigenvalue weighted by atomic mass is 9.95. The zero-order chi connectivity index (χ0) is 45.6. The Bertz CT molecular complexity index is 1770. The van der Waals surface area contributed by atoms with Crippen molar-refractivity contribution in [3.63, 3.8) is 0 Å². The van der Waals surface area contributed by atoms with Crippen LogP contribution >= 0.6 is 0 Å². The van der Waals surface area contributed by atoms with Crippen LogP contribution in [0.15, 0.2) is 48.5 Å². The Morgan fingerprint density at radius 3 is 1.87 bits per heavy atom. The number of nitrogens with one attached hydrogen (secondary N) is 2. The minimum Gasteiger partial charge on any atom is -0.508 e. The quantitative estimate of drug-likeness (QED) is 0.0802. The number of carboxylic acids is 1. The fourth-order valence-corrected chi connectivity index (χ4v) is 7.78. The van der Waals surface area contributed by atoms with Gasteiger partial charge in [0.1, 0.15) is 47.8 Å². The molecule has 1 heterocycles. The summed E-state index contributed by atoms with van der Waals surface area (Å²) in [7, 11) is 2.90. The van der Waals surface area contributed by atoms with Crippen molar-refractivity contribution in [2.75, 3.05) is 20.6 Å². The van der Waals surface area contributed by atoms with E-state index in [1.807, 2.05) is 0 Å². The predicted octanol–water partition coefficient (Wildman–Crippen LogP) is 2.94. The molecule has 2 aromatic rings. The number of benzene rings is 2. The number of nitrogens with two attached hydrogens (primary N) is 1. The molecule has 1 saturated heterocycles. The highest BCUT2D eigenvalue weighted by Gasteiger charge is 2.44. The molecule has 1 aliphatic heterocycles. The zero-order valence-corrected chi connectivity index (χ0v) is 36.8. The van der Waals surface area contributed by atoms with Crippen molar-refractivity contribution in [1.82, 2.24) is 25.3 Å². The number of phenols is 2. The first-order valence-electron chi connectivity index (χ1n) is 21.5. The van der Waals surface area contributed by atoms with Crippen LogP contribution in [0.4, 0.5) is 0 Å². The summed E-state index contributed by atoms with van der Waals surface area (Å²) in [5.41, 5.74) is 7.34. The maximum atomic E-state index is 14.7. The molecule has 1 fully saturated rings. The topological polar surface area (TPSA) is 243 Å². The van der Waals surface area contributed by atoms with Crippen LogP contribution in [0, 0.1) is 11.8 Å². The van der Waals surface area contributed by atoms with Crippen LogP contribution in [0.2, 0.25) is 0 Å². The van der Waals surface area contributed by atoms with Crippen molar-refractivity contribution < 1.29 is 49.2 Å². The Morgan fingerprint density at radius 2 is 1.34 bits per heavy atom. The number of nitrogens with zero attached hydrogens (tertiary/aromatic N) is 3. The average molecular weight is 853 g/mol. The number of carboxylic acid groups (broad SMARTS) is 1. The summed E-state index contributed by atoms with van der Waals surface area (Å²) in [6.45, 7) is 9.24. The standard InChI is InChI=1S/C45H68N6O10/c1-8-9-10-11-12-14-33(46)39(54)41(56)48-37(27(2)3)43(58)50(7)38(28(4)5)44(59)49(6)36(26-30-18-22-32(53)23-19-30)42(57)51-24-13-15-35(51)40(55)47-34(45(60)61)25-29-16-20-31(52)21-17-29/h16-23,27-28,33-39,52-54H,8-15,24-26,46H2,1-7H3,(H,47,55)(H,48,56)(H,60,61)/t33-,34-,35-,36-,37-,38-,39-/m0/s1. The second-order valence-corrected chi connectivity index (χ2v) is 17.0. The lowest BCUT2D eigenvalue weighted by Gasteiger charge is -2.39. The lowest BCUT2D eigenvalue weighted by Crippen LogP contribution is -2.61. The van der Waals surface area contributed by atoms with Crippen molar-refractivity contribution in [3.8, 4) is 11.5 Å². The van der Waals surface area contributed by atoms with E-state index in [-0.39, 0.29) is 37.3 Å². The first-order valence-corrected chi connectivity index (χ1v) is 21.5. The van der Waals surface area contributed by atoms with Gasteiger partial charge in [0, 0.05) is 39.5 Å². The van der Waals surface area contributed by atoms with Crippen molar-refractivity contribution in [2.45, 2.75) is 141 Å². The summed E-state index contributed by atoms with van der Waals surface area (Å²) in [5, 5.41) is 45.6. The predicted molar refractivity (Wildman–Crippen MR) is 230 cm³/mol. The number of aliphatic carboxylic acids is 1. The van der Waals surface area contributed by atoms with Gasteiger partial charge in [0.25, 0.3) is 5.91 Å². The number of carbonyl (C=O) groups excluding carboxylic acids is 5. The molecule has 7 atom stereocenters. The van der Waals surface area contributed by atoms with Gasteiger partial charge in [0.15, 0.2) is 0 Å². The van der Waals surface area contributed by atoms with E-state index in [1.54, 1.807) is 52.0 Å². The van der Waals surface area contributed by atoms with Gasteiger partial charge in [-0.3, -0.25) is 24.0 Å². The molecule has 0 radical (unpaired) electrons. The molecular weight excluding hydrogens is 785 g/mol. The number of rotatable bonds is 23. The van der Waals surface area contributed by atoms with Gasteiger partial charge in [-0.05, 0) is 66.5 Å². The Kier molecular flexibility index (Phi) is 19.5. The summed E-state index contributed by atoms with van der Waals surface area (Å²) in [6.07, 6.45) is 4.38. The van der Waals surface area contributed by atoms with Crippen LogP contribution in [0.3, 0.4) is 0 Å². The van der Waals surface area contributed by atoms with Crippen LogP contribution in [-0.2, 0) is 41.6 Å². The molecule has 8 N–H and O–H groups in total. The van der Waals surface area contributed by atoms with Crippen LogP contribution < -0.4 is 16.4 Å². The minimum atomic E-state index is -1.54. The van der Waals surface area contributed by atoms with E-state index < -0.39 is 89.7 Å². The Morgan fingerprint density at radius 1 is 0.787 bits per heavy atom. The van der Waals surface area contributed by atoms with Gasteiger partial charge in [-0.15, -0.1) is 0 Å². The molecule has 338 valence electrons. The van der Waals surface area contributed by atoms with Gasteiger partial charge in [-0.2, -0.15) is 0 Å². The van der Waals surface area contributed by atoms with Crippen molar-refractivity contribution in [1.29, 1.82) is 0 Å². The SMILES string of the molecule is CCCCCCC[C@H](N)[C@H](O)C(=O)N[C@H](C(=O)N(C)[C@H](C(=O)N(C)[C@@H](Cc1ccc(O)cc1)C(=O)N1CCC[C@H]1C(=O)N[C@@H](Cc1ccc(O)cc1)C(=O)O)C(C)C)C(C)C. The van der Waals surface area contributed by atoms with Gasteiger partial charge in [-0.25, -0.2) is 4.79 Å². The van der Waals surface area contributed by atoms with E-state index in [4.69, 9.17) is 5.73 Å². The van der Waals surface area contributed by atoms with Crippen molar-refractivity contribution >= 4 is 35.5 Å². The number of amides is 5. The number of hydrogen-bond acceptors (Lipinski definition) is 10. The van der Waals surface area contributed by atoms with E-state index >= 15 is 0 Å². The molecule has 1 aliphatic rings. The van der Waals surface area contributed by atoms with E-state index in [1.165, 1.54) is 53.1 Å². The molecule has 0 bridgehead atoms. The number of hydrogen-bond donors (Lipinski definition) is 7. The monoisotopic (exact) mass is 852 g/mol. The smallest absolute Gasteiger partial charge is 0.326 e. The second kappa shape index (κ2) is 23.7. The number of phenolic OH excluding ortho intramolecular Hbond substituents is 2. The highest BCUT2D eigenvalue weighted by Crippen LogP contribution is 2.25. The maximum absolute atomic E-state index is 14.7. The van der Waals surface area contributed by atoms with Crippen molar-refractivity contribution in [2.24, 2.45) is 17.6 Å². The first kappa shape index (κ1) is 50.1. The van der Waals surface area contributed by atoms with Crippen LogP contribution in [0.5, 0.6) is 11.5 Å². The molecule has 0 aliphatic carbocycles. The average Bonchev–Trinajstić information content (AvgIpc) is 3.72. The number of aliphatic hydroxyl groups excluding tert-OH is 1. The Labute approximate surface area is 359 Å². The van der Waals surface area contributed by atoms with Crippen LogP contribution in [0.1, 0.15) is 97.1 Å². The van der Waals surface area contributed by atoms with Crippen molar-refractivity contribution in [3.05, 3.63) is 59.7 Å². The Balaban J connectivity index is 1.86. The molecule has 2 aromatic carbocycles. The third-order valence-electron chi connectivity index (χ3n) is 11.5. The summed E-state index contributed by atoms with van der Waals surface area (Å²) >= 11 is 0. The van der Waals surface area contributed by atoms with E-state index in [0.717, 1.165) is 32.1 Å². The third kappa shape index (κ3) is 14.2. The highest BCUT2D eigenvalue weighted by molar-refractivity contribution is 5.97. The molecule has 61 heavy (non-hydrogen) atoms. The number of aromatic hydroxyl groups is 2. The van der Waals surface area contributed by atoms with Gasteiger partial charge in [0.05, 0.1) is 0 Å². The minimum absolute atomic E-state index is 0.00339. The van der Waals surface area contributed by atoms with Crippen LogP contribution in [-0.4, -0.2) is 134 Å². The van der Waals surface area contributed by atoms with Crippen LogP contribution in [0.25, 0.3) is 0 Å². The molecule has 0 unspecified atom stereocenters. The fourth-order valence-electron chi connectivity index (χ4n) is 7.78. The summed E-state index contributed by atoms with van der Waals surface area (Å²) in [5.74, 6) is -5.38. The summed E-state index contributed by atoms with van der Waals surface area (Å²) in [4.78, 5) is 86.6. The van der Waals surface area contributed by atoms with E-state index in [0.29, 0.717) is 24.0 Å². The number of carbonyl (C=O) groups is 6. The number of unbranched alkanes of at least 4 members (excludes halogenated alkanes) is 4. The molecule has 16 nitrogen and oxygen atoms in total. The maximum Gasteiger partial charge on any atom is 0.326 e. The van der Waals surface area contributed by atoms with Gasteiger partial charge >= 0.3 is 5.97 Å².